The molecule has 2 rings (SSSR count). The topological polar surface area (TPSA) is 78.4 Å². The largest absolute Gasteiger partial charge is 0.357 e. The van der Waals surface area contributed by atoms with Crippen LogP contribution in [0.3, 0.4) is 0 Å². The Bertz CT molecular complexity index is 657. The highest BCUT2D eigenvalue weighted by Crippen LogP contribution is 2.18. The highest BCUT2D eigenvalue weighted by Gasteiger charge is 2.06. The number of carbonyl (C=O) groups excluding carboxylic acids is 1. The van der Waals surface area contributed by atoms with Gasteiger partial charge in [0.05, 0.1) is 5.56 Å². The fourth-order valence-electron chi connectivity index (χ4n) is 2.19. The van der Waals surface area contributed by atoms with Gasteiger partial charge in [0.15, 0.2) is 5.96 Å². The van der Waals surface area contributed by atoms with Gasteiger partial charge in [-0.1, -0.05) is 6.92 Å². The average Bonchev–Trinajstić information content (AvgIpc) is 3.18. The van der Waals surface area contributed by atoms with Crippen LogP contribution in [0.5, 0.6) is 0 Å². The van der Waals surface area contributed by atoms with Crippen molar-refractivity contribution < 1.29 is 4.79 Å². The van der Waals surface area contributed by atoms with E-state index in [1.165, 1.54) is 5.56 Å². The molecule has 6 nitrogen and oxygen atoms in total. The number of hydrogen-bond acceptors (Lipinski definition) is 4. The Morgan fingerprint density at radius 1 is 1.28 bits per heavy atom. The van der Waals surface area contributed by atoms with Crippen LogP contribution in [0, 0.1) is 0 Å². The fourth-order valence-corrected chi connectivity index (χ4v) is 2.97. The van der Waals surface area contributed by atoms with Gasteiger partial charge in [-0.3, -0.25) is 14.8 Å². The first-order valence-corrected chi connectivity index (χ1v) is 9.37. The van der Waals surface area contributed by atoms with Gasteiger partial charge in [0.1, 0.15) is 0 Å². The van der Waals surface area contributed by atoms with Gasteiger partial charge in [0.25, 0.3) is 5.91 Å². The number of hydrogen-bond donors (Lipinski definition) is 3. The van der Waals surface area contributed by atoms with E-state index in [1.807, 2.05) is 6.92 Å². The molecule has 0 spiro atoms. The molecular formula is C18H25N5OS. The Morgan fingerprint density at radius 2 is 2.12 bits per heavy atom. The minimum atomic E-state index is -0.122. The number of thiophene rings is 1. The number of amides is 1. The van der Waals surface area contributed by atoms with Crippen LogP contribution in [0.2, 0.25) is 0 Å². The van der Waals surface area contributed by atoms with E-state index >= 15 is 0 Å². The number of rotatable bonds is 8. The third-order valence-corrected chi connectivity index (χ3v) is 4.31. The third kappa shape index (κ3) is 6.54. The van der Waals surface area contributed by atoms with Crippen LogP contribution in [0.15, 0.2) is 46.3 Å². The van der Waals surface area contributed by atoms with Crippen molar-refractivity contribution in [2.75, 3.05) is 26.2 Å². The molecule has 0 aliphatic carbocycles. The van der Waals surface area contributed by atoms with E-state index in [0.717, 1.165) is 12.5 Å². The minimum absolute atomic E-state index is 0.122. The monoisotopic (exact) mass is 359 g/mol. The zero-order valence-electron chi connectivity index (χ0n) is 14.7. The molecule has 1 atom stereocenters. The van der Waals surface area contributed by atoms with Crippen molar-refractivity contribution in [1.29, 1.82) is 0 Å². The van der Waals surface area contributed by atoms with Crippen LogP contribution in [0.4, 0.5) is 0 Å². The van der Waals surface area contributed by atoms with Crippen LogP contribution in [0.1, 0.15) is 35.7 Å². The molecule has 1 unspecified atom stereocenters. The summed E-state index contributed by atoms with van der Waals surface area (Å²) in [6, 6.07) is 5.63. The smallest absolute Gasteiger partial charge is 0.252 e. The maximum absolute atomic E-state index is 11.9. The highest BCUT2D eigenvalue weighted by atomic mass is 32.1. The van der Waals surface area contributed by atoms with Crippen LogP contribution < -0.4 is 16.0 Å². The molecule has 0 saturated carbocycles. The standard InChI is InChI=1S/C18H25N5OS/c1-3-20-18(23-11-14(2)16-6-10-25-13-16)22-9-8-21-17(24)15-5-4-7-19-12-15/h4-7,10,12-14H,3,8-9,11H2,1-2H3,(H,21,24)(H2,20,22,23). The summed E-state index contributed by atoms with van der Waals surface area (Å²) in [7, 11) is 0. The Kier molecular flexibility index (Phi) is 7.91. The lowest BCUT2D eigenvalue weighted by Gasteiger charge is -2.13. The summed E-state index contributed by atoms with van der Waals surface area (Å²) in [5.74, 6) is 1.02. The second kappa shape index (κ2) is 10.5. The number of pyridine rings is 1. The lowest BCUT2D eigenvalue weighted by molar-refractivity contribution is 0.0954. The van der Waals surface area contributed by atoms with Crippen LogP contribution in [-0.4, -0.2) is 43.0 Å². The first kappa shape index (κ1) is 18.9. The Hall–Kier alpha value is -2.41. The van der Waals surface area contributed by atoms with Gasteiger partial charge in [0.2, 0.25) is 0 Å². The van der Waals surface area contributed by atoms with Gasteiger partial charge in [-0.2, -0.15) is 11.3 Å². The van der Waals surface area contributed by atoms with Crippen molar-refractivity contribution in [3.63, 3.8) is 0 Å². The number of carbonyl (C=O) groups is 1. The SMILES string of the molecule is CCNC(=NCC(C)c1ccsc1)NCCNC(=O)c1cccnc1. The lowest BCUT2D eigenvalue weighted by Crippen LogP contribution is -2.41. The quantitative estimate of drug-likeness (QED) is 0.384. The fraction of sp³-hybridized carbons (Fsp3) is 0.389. The second-order valence-electron chi connectivity index (χ2n) is 5.60. The van der Waals surface area contributed by atoms with Crippen LogP contribution in [-0.2, 0) is 0 Å². The van der Waals surface area contributed by atoms with Gasteiger partial charge >= 0.3 is 0 Å². The Balaban J connectivity index is 1.75. The number of aromatic nitrogens is 1. The number of guanidine groups is 1. The minimum Gasteiger partial charge on any atom is -0.357 e. The zero-order chi connectivity index (χ0) is 17.9. The molecule has 3 N–H and O–H groups in total. The molecule has 0 aliphatic rings. The Labute approximate surface area is 152 Å². The van der Waals surface area contributed by atoms with Crippen molar-refractivity contribution >= 4 is 23.2 Å². The molecule has 0 radical (unpaired) electrons. The van der Waals surface area contributed by atoms with E-state index in [9.17, 15) is 4.79 Å². The van der Waals surface area contributed by atoms with Crippen molar-refractivity contribution in [3.8, 4) is 0 Å². The first-order valence-electron chi connectivity index (χ1n) is 8.43. The predicted octanol–water partition coefficient (Wildman–Crippen LogP) is 2.23. The molecule has 1 amide bonds. The molecule has 0 bridgehead atoms. The second-order valence-corrected chi connectivity index (χ2v) is 6.38. The summed E-state index contributed by atoms with van der Waals surface area (Å²) in [6.45, 7) is 6.82. The molecule has 0 aliphatic heterocycles. The molecule has 0 aromatic carbocycles. The average molecular weight is 359 g/mol. The number of nitrogens with zero attached hydrogens (tertiary/aromatic N) is 2. The normalized spacial score (nSPS) is 12.5. The molecular weight excluding hydrogens is 334 g/mol. The van der Waals surface area contributed by atoms with Crippen molar-refractivity contribution in [2.24, 2.45) is 4.99 Å². The molecule has 0 saturated heterocycles. The molecule has 7 heteroatoms. The molecule has 2 heterocycles. The van der Waals surface area contributed by atoms with E-state index in [0.29, 0.717) is 31.1 Å². The highest BCUT2D eigenvalue weighted by molar-refractivity contribution is 7.07. The Morgan fingerprint density at radius 3 is 2.80 bits per heavy atom. The molecule has 2 aromatic rings. The first-order chi connectivity index (χ1) is 12.2. The van der Waals surface area contributed by atoms with E-state index < -0.39 is 0 Å². The summed E-state index contributed by atoms with van der Waals surface area (Å²) >= 11 is 1.71. The van der Waals surface area contributed by atoms with Crippen molar-refractivity contribution in [3.05, 3.63) is 52.5 Å². The van der Waals surface area contributed by atoms with E-state index in [1.54, 1.807) is 35.9 Å². The number of nitrogens with one attached hydrogen (secondary N) is 3. The third-order valence-electron chi connectivity index (χ3n) is 3.61. The molecule has 0 fully saturated rings. The van der Waals surface area contributed by atoms with Gasteiger partial charge in [-0.25, -0.2) is 0 Å². The summed E-state index contributed by atoms with van der Waals surface area (Å²) in [5.41, 5.74) is 1.88. The van der Waals surface area contributed by atoms with Gasteiger partial charge in [-0.05, 0) is 41.4 Å². The van der Waals surface area contributed by atoms with E-state index in [2.05, 4.69) is 49.7 Å². The van der Waals surface area contributed by atoms with Gasteiger partial charge in [-0.15, -0.1) is 0 Å². The van der Waals surface area contributed by atoms with Crippen molar-refractivity contribution in [2.45, 2.75) is 19.8 Å². The molecule has 134 valence electrons. The van der Waals surface area contributed by atoms with E-state index in [-0.39, 0.29) is 5.91 Å². The maximum Gasteiger partial charge on any atom is 0.252 e. The summed E-state index contributed by atoms with van der Waals surface area (Å²) in [5, 5.41) is 13.6. The molecule has 25 heavy (non-hydrogen) atoms. The van der Waals surface area contributed by atoms with Crippen LogP contribution >= 0.6 is 11.3 Å². The van der Waals surface area contributed by atoms with Gasteiger partial charge in [0, 0.05) is 44.5 Å². The zero-order valence-corrected chi connectivity index (χ0v) is 15.5. The van der Waals surface area contributed by atoms with Crippen molar-refractivity contribution in [1.82, 2.24) is 20.9 Å². The summed E-state index contributed by atoms with van der Waals surface area (Å²) in [4.78, 5) is 20.5. The number of aliphatic imine (C=N–C) groups is 1. The summed E-state index contributed by atoms with van der Waals surface area (Å²) < 4.78 is 0. The van der Waals surface area contributed by atoms with Gasteiger partial charge < -0.3 is 16.0 Å². The summed E-state index contributed by atoms with van der Waals surface area (Å²) in [6.07, 6.45) is 3.20. The lowest BCUT2D eigenvalue weighted by atomic mass is 10.1. The van der Waals surface area contributed by atoms with Crippen LogP contribution in [0.25, 0.3) is 0 Å². The predicted molar refractivity (Wildman–Crippen MR) is 103 cm³/mol. The molecule has 2 aromatic heterocycles. The van der Waals surface area contributed by atoms with E-state index in [4.69, 9.17) is 0 Å². The maximum atomic E-state index is 11.9.